The molecule has 3 aromatic rings. The molecular weight excluding hydrogens is 454 g/mol. The number of carbonyl (C=O) groups excluding carboxylic acids is 2. The molecule has 0 aromatic heterocycles. The van der Waals surface area contributed by atoms with E-state index in [0.717, 1.165) is 4.90 Å². The van der Waals surface area contributed by atoms with Crippen molar-refractivity contribution in [1.82, 2.24) is 0 Å². The number of anilines is 1. The van der Waals surface area contributed by atoms with Crippen LogP contribution in [0.15, 0.2) is 78.4 Å². The summed E-state index contributed by atoms with van der Waals surface area (Å²) in [6.07, 6.45) is 0. The van der Waals surface area contributed by atoms with E-state index < -0.39 is 35.4 Å². The van der Waals surface area contributed by atoms with Gasteiger partial charge in [-0.3, -0.25) is 14.5 Å². The third-order valence-electron chi connectivity index (χ3n) is 5.65. The maximum absolute atomic E-state index is 13.2. The largest absolute Gasteiger partial charge is 0.507 e. The van der Waals surface area contributed by atoms with E-state index in [9.17, 15) is 34.5 Å². The van der Waals surface area contributed by atoms with E-state index >= 15 is 0 Å². The number of carbonyl (C=O) groups is 4. The normalized spacial score (nSPS) is 16.8. The van der Waals surface area contributed by atoms with Crippen LogP contribution in [0, 0.1) is 0 Å². The number of Topliss-reactive ketones (excluding diaryl/α,β-unsaturated/α-hetero) is 1. The van der Waals surface area contributed by atoms with Gasteiger partial charge in [0.1, 0.15) is 11.5 Å². The monoisotopic (exact) mass is 473 g/mol. The van der Waals surface area contributed by atoms with Crippen LogP contribution >= 0.6 is 0 Å². The van der Waals surface area contributed by atoms with Gasteiger partial charge in [0.15, 0.2) is 0 Å². The maximum atomic E-state index is 13.2. The van der Waals surface area contributed by atoms with E-state index in [1.54, 1.807) is 18.2 Å². The van der Waals surface area contributed by atoms with E-state index in [-0.39, 0.29) is 33.7 Å². The average molecular weight is 473 g/mol. The fourth-order valence-electron chi connectivity index (χ4n) is 4.00. The van der Waals surface area contributed by atoms with Crippen molar-refractivity contribution in [3.8, 4) is 5.75 Å². The Kier molecular flexibility index (Phi) is 6.07. The van der Waals surface area contributed by atoms with Crippen LogP contribution < -0.4 is 9.64 Å². The minimum absolute atomic E-state index is 0.0108. The van der Waals surface area contributed by atoms with Gasteiger partial charge < -0.3 is 20.1 Å². The number of para-hydroxylation sites is 1. The van der Waals surface area contributed by atoms with Gasteiger partial charge in [-0.05, 0) is 48.0 Å². The predicted octanol–water partition coefficient (Wildman–Crippen LogP) is 3.72. The summed E-state index contributed by atoms with van der Waals surface area (Å²) in [5.74, 6) is -4.56. The molecule has 1 unspecified atom stereocenters. The van der Waals surface area contributed by atoms with Gasteiger partial charge in [0.25, 0.3) is 11.7 Å². The zero-order valence-electron chi connectivity index (χ0n) is 18.3. The van der Waals surface area contributed by atoms with Crippen LogP contribution in [0.1, 0.15) is 37.9 Å². The number of rotatable bonds is 6. The van der Waals surface area contributed by atoms with Crippen LogP contribution in [0.4, 0.5) is 5.69 Å². The van der Waals surface area contributed by atoms with Crippen molar-refractivity contribution >= 4 is 35.1 Å². The molecule has 0 saturated carbocycles. The summed E-state index contributed by atoms with van der Waals surface area (Å²) in [4.78, 5) is 50.3. The molecule has 3 aromatic carbocycles. The fourth-order valence-corrected chi connectivity index (χ4v) is 4.00. The standard InChI is InChI=1S/C26H19NO8/c1-35-19-8-3-2-7-18(19)22(28)20-21(14-9-11-15(12-10-14)25(31)32)27(24(30)23(20)29)17-6-4-5-16(13-17)26(33)34/h2-13,21,28H,1H3,(H,31,32)(H,33,34)/b22-20+. The number of aromatic carboxylic acids is 2. The Labute approximate surface area is 199 Å². The Hall–Kier alpha value is -4.92. The summed E-state index contributed by atoms with van der Waals surface area (Å²) < 4.78 is 5.29. The molecule has 1 fully saturated rings. The van der Waals surface area contributed by atoms with Crippen LogP contribution in [0.5, 0.6) is 5.75 Å². The van der Waals surface area contributed by atoms with Crippen molar-refractivity contribution in [1.29, 1.82) is 0 Å². The second-order valence-electron chi connectivity index (χ2n) is 7.65. The number of ether oxygens (including phenoxy) is 1. The van der Waals surface area contributed by atoms with Gasteiger partial charge in [0.05, 0.1) is 35.4 Å². The second kappa shape index (κ2) is 9.14. The summed E-state index contributed by atoms with van der Waals surface area (Å²) in [6.45, 7) is 0. The lowest BCUT2D eigenvalue weighted by Gasteiger charge is -2.26. The van der Waals surface area contributed by atoms with Crippen molar-refractivity contribution in [2.24, 2.45) is 0 Å². The summed E-state index contributed by atoms with van der Waals surface area (Å²) in [5, 5.41) is 29.9. The molecule has 3 N–H and O–H groups in total. The lowest BCUT2D eigenvalue weighted by molar-refractivity contribution is -0.132. The molecule has 0 radical (unpaired) electrons. The number of carboxylic acid groups (broad SMARTS) is 2. The fraction of sp³-hybridized carbons (Fsp3) is 0.0769. The zero-order chi connectivity index (χ0) is 25.3. The first-order valence-electron chi connectivity index (χ1n) is 10.4. The van der Waals surface area contributed by atoms with Gasteiger partial charge in [0.2, 0.25) is 0 Å². The number of aliphatic hydroxyl groups excluding tert-OH is 1. The molecule has 176 valence electrons. The third-order valence-corrected chi connectivity index (χ3v) is 5.65. The second-order valence-corrected chi connectivity index (χ2v) is 7.65. The summed E-state index contributed by atoms with van der Waals surface area (Å²) in [5.41, 5.74) is 0.282. The first-order valence-corrected chi connectivity index (χ1v) is 10.4. The van der Waals surface area contributed by atoms with Crippen molar-refractivity contribution in [3.05, 3.63) is 101 Å². The highest BCUT2D eigenvalue weighted by Gasteiger charge is 2.47. The molecule has 1 aliphatic heterocycles. The Morgan fingerprint density at radius 1 is 0.829 bits per heavy atom. The van der Waals surface area contributed by atoms with E-state index in [4.69, 9.17) is 4.74 Å². The van der Waals surface area contributed by atoms with Crippen molar-refractivity contribution in [2.75, 3.05) is 12.0 Å². The maximum Gasteiger partial charge on any atom is 0.335 e. The van der Waals surface area contributed by atoms with Gasteiger partial charge in [-0.15, -0.1) is 0 Å². The molecule has 9 nitrogen and oxygen atoms in total. The molecule has 9 heteroatoms. The Bertz CT molecular complexity index is 1390. The first-order chi connectivity index (χ1) is 16.7. The molecule has 1 atom stereocenters. The molecule has 4 rings (SSSR count). The van der Waals surface area contributed by atoms with Crippen molar-refractivity contribution < 1.29 is 39.2 Å². The predicted molar refractivity (Wildman–Crippen MR) is 125 cm³/mol. The first kappa shape index (κ1) is 23.2. The van der Waals surface area contributed by atoms with Gasteiger partial charge >= 0.3 is 11.9 Å². The summed E-state index contributed by atoms with van der Waals surface area (Å²) in [6, 6.07) is 16.2. The number of amides is 1. The third kappa shape index (κ3) is 4.10. The van der Waals surface area contributed by atoms with Gasteiger partial charge in [-0.25, -0.2) is 9.59 Å². The number of hydrogen-bond donors (Lipinski definition) is 3. The number of hydrogen-bond acceptors (Lipinski definition) is 6. The molecule has 35 heavy (non-hydrogen) atoms. The average Bonchev–Trinajstić information content (AvgIpc) is 3.13. The lowest BCUT2D eigenvalue weighted by Crippen LogP contribution is -2.29. The Balaban J connectivity index is 1.97. The molecule has 0 aliphatic carbocycles. The van der Waals surface area contributed by atoms with E-state index in [2.05, 4.69) is 0 Å². The molecule has 0 spiro atoms. The quantitative estimate of drug-likeness (QED) is 0.279. The smallest absolute Gasteiger partial charge is 0.335 e. The highest BCUT2D eigenvalue weighted by atomic mass is 16.5. The SMILES string of the molecule is COc1ccccc1/C(O)=C1\C(=O)C(=O)N(c2cccc(C(=O)O)c2)C1c1ccc(C(=O)O)cc1. The van der Waals surface area contributed by atoms with Gasteiger partial charge in [-0.2, -0.15) is 0 Å². The van der Waals surface area contributed by atoms with Crippen LogP contribution in [-0.2, 0) is 9.59 Å². The minimum Gasteiger partial charge on any atom is -0.507 e. The number of carboxylic acids is 2. The van der Waals surface area contributed by atoms with Crippen molar-refractivity contribution in [2.45, 2.75) is 6.04 Å². The Morgan fingerprint density at radius 3 is 2.11 bits per heavy atom. The molecule has 1 heterocycles. The van der Waals surface area contributed by atoms with E-state index in [1.165, 1.54) is 61.7 Å². The number of aliphatic hydroxyl groups is 1. The van der Waals surface area contributed by atoms with Gasteiger partial charge in [-0.1, -0.05) is 30.3 Å². The zero-order valence-corrected chi connectivity index (χ0v) is 18.3. The van der Waals surface area contributed by atoms with Crippen LogP contribution in [0.2, 0.25) is 0 Å². The minimum atomic E-state index is -1.22. The Morgan fingerprint density at radius 2 is 1.49 bits per heavy atom. The number of ketones is 1. The van der Waals surface area contributed by atoms with Crippen molar-refractivity contribution in [3.63, 3.8) is 0 Å². The molecular formula is C26H19NO8. The number of methoxy groups -OCH3 is 1. The number of nitrogens with zero attached hydrogens (tertiary/aromatic N) is 1. The molecule has 1 amide bonds. The highest BCUT2D eigenvalue weighted by Crippen LogP contribution is 2.43. The molecule has 1 aliphatic rings. The van der Waals surface area contributed by atoms with Crippen LogP contribution in [-0.4, -0.2) is 46.1 Å². The summed E-state index contributed by atoms with van der Waals surface area (Å²) in [7, 11) is 1.39. The van der Waals surface area contributed by atoms with E-state index in [1.807, 2.05) is 0 Å². The lowest BCUT2D eigenvalue weighted by atomic mass is 9.94. The van der Waals surface area contributed by atoms with Crippen LogP contribution in [0.3, 0.4) is 0 Å². The highest BCUT2D eigenvalue weighted by molar-refractivity contribution is 6.51. The van der Waals surface area contributed by atoms with Gasteiger partial charge in [0, 0.05) is 5.69 Å². The molecule has 0 bridgehead atoms. The van der Waals surface area contributed by atoms with E-state index in [0.29, 0.717) is 5.56 Å². The molecule has 1 saturated heterocycles. The number of benzene rings is 3. The topological polar surface area (TPSA) is 141 Å². The summed E-state index contributed by atoms with van der Waals surface area (Å²) >= 11 is 0. The van der Waals surface area contributed by atoms with Crippen LogP contribution in [0.25, 0.3) is 5.76 Å².